The first-order valence-electron chi connectivity index (χ1n) is 7.17. The quantitative estimate of drug-likeness (QED) is 0.696. The first kappa shape index (κ1) is 20.1. The van der Waals surface area contributed by atoms with E-state index in [1.54, 1.807) is 6.92 Å². The van der Waals surface area contributed by atoms with Crippen molar-refractivity contribution in [1.29, 1.82) is 0 Å². The molecular weight excluding hydrogens is 343 g/mol. The predicted octanol–water partition coefficient (Wildman–Crippen LogP) is 2.67. The minimum absolute atomic E-state index is 0.320. The summed E-state index contributed by atoms with van der Waals surface area (Å²) in [5.41, 5.74) is 4.59. The van der Waals surface area contributed by atoms with Gasteiger partial charge in [0.05, 0.1) is 11.6 Å². The fraction of sp³-hybridized carbons (Fsp3) is 0.467. The number of amides is 3. The maximum absolute atomic E-state index is 12.8. The van der Waals surface area contributed by atoms with Gasteiger partial charge in [0.25, 0.3) is 0 Å². The minimum atomic E-state index is -4.45. The Balaban J connectivity index is 2.82. The third-order valence-electron chi connectivity index (χ3n) is 3.32. The van der Waals surface area contributed by atoms with E-state index in [1.807, 2.05) is 6.26 Å². The zero-order valence-corrected chi connectivity index (χ0v) is 14.1. The van der Waals surface area contributed by atoms with Crippen molar-refractivity contribution in [3.05, 3.63) is 35.4 Å². The van der Waals surface area contributed by atoms with E-state index in [4.69, 9.17) is 5.73 Å². The van der Waals surface area contributed by atoms with Crippen LogP contribution in [0.5, 0.6) is 0 Å². The Kier molecular flexibility index (Phi) is 7.40. The molecule has 0 spiro atoms. The topological polar surface area (TPSA) is 84.2 Å². The lowest BCUT2D eigenvalue weighted by atomic mass is 10.0. The molecule has 0 aliphatic carbocycles. The monoisotopic (exact) mass is 363 g/mol. The van der Waals surface area contributed by atoms with Crippen molar-refractivity contribution in [1.82, 2.24) is 10.6 Å². The van der Waals surface area contributed by atoms with Crippen molar-refractivity contribution in [2.45, 2.75) is 31.6 Å². The molecule has 0 saturated carbocycles. The van der Waals surface area contributed by atoms with Crippen LogP contribution in [0.1, 0.15) is 30.5 Å². The molecule has 3 amide bonds. The molecule has 0 aliphatic heterocycles. The molecule has 1 aromatic rings. The summed E-state index contributed by atoms with van der Waals surface area (Å²) in [6.45, 7) is 1.57. The lowest BCUT2D eigenvalue weighted by molar-refractivity contribution is -0.137. The molecule has 5 nitrogen and oxygen atoms in total. The van der Waals surface area contributed by atoms with Gasteiger partial charge in [-0.25, -0.2) is 4.79 Å². The first-order chi connectivity index (χ1) is 11.1. The summed E-state index contributed by atoms with van der Waals surface area (Å²) in [7, 11) is 0. The van der Waals surface area contributed by atoms with Crippen molar-refractivity contribution in [2.75, 3.05) is 12.0 Å². The second-order valence-electron chi connectivity index (χ2n) is 5.20. The maximum atomic E-state index is 12.8. The third kappa shape index (κ3) is 6.31. The van der Waals surface area contributed by atoms with Crippen molar-refractivity contribution < 1.29 is 22.8 Å². The summed E-state index contributed by atoms with van der Waals surface area (Å²) < 4.78 is 38.3. The van der Waals surface area contributed by atoms with Crippen LogP contribution in [0, 0.1) is 0 Å². The predicted molar refractivity (Wildman–Crippen MR) is 87.5 cm³/mol. The van der Waals surface area contributed by atoms with E-state index in [0.29, 0.717) is 17.7 Å². The van der Waals surface area contributed by atoms with Crippen molar-refractivity contribution in [3.8, 4) is 0 Å². The van der Waals surface area contributed by atoms with Gasteiger partial charge in [0.15, 0.2) is 0 Å². The number of halogens is 3. The molecule has 0 heterocycles. The number of hydrogen-bond acceptors (Lipinski definition) is 3. The van der Waals surface area contributed by atoms with Gasteiger partial charge in [-0.2, -0.15) is 24.9 Å². The molecule has 2 unspecified atom stereocenters. The Labute approximate surface area is 142 Å². The molecule has 134 valence electrons. The maximum Gasteiger partial charge on any atom is 0.416 e. The number of urea groups is 1. The second-order valence-corrected chi connectivity index (χ2v) is 6.18. The summed E-state index contributed by atoms with van der Waals surface area (Å²) in [5, 5.41) is 4.94. The zero-order chi connectivity index (χ0) is 18.3. The third-order valence-corrected chi connectivity index (χ3v) is 3.96. The highest BCUT2D eigenvalue weighted by atomic mass is 32.2. The SMILES string of the molecule is CSCCC(NC(N)=O)C(=O)NC(C)c1cccc(C(F)(F)F)c1. The summed E-state index contributed by atoms with van der Waals surface area (Å²) in [6, 6.07) is 2.43. The molecule has 0 aliphatic rings. The van der Waals surface area contributed by atoms with Gasteiger partial charge in [-0.3, -0.25) is 4.79 Å². The fourth-order valence-electron chi connectivity index (χ4n) is 2.06. The van der Waals surface area contributed by atoms with Gasteiger partial charge in [0.1, 0.15) is 6.04 Å². The van der Waals surface area contributed by atoms with Crippen LogP contribution in [0.2, 0.25) is 0 Å². The van der Waals surface area contributed by atoms with Crippen LogP contribution in [0.4, 0.5) is 18.0 Å². The Hall–Kier alpha value is -1.90. The summed E-state index contributed by atoms with van der Waals surface area (Å²) in [5.74, 6) is 0.129. The van der Waals surface area contributed by atoms with E-state index >= 15 is 0 Å². The lowest BCUT2D eigenvalue weighted by Crippen LogP contribution is -2.49. The zero-order valence-electron chi connectivity index (χ0n) is 13.3. The fourth-order valence-corrected chi connectivity index (χ4v) is 2.53. The number of hydrogen-bond donors (Lipinski definition) is 3. The normalized spacial score (nSPS) is 13.9. The second kappa shape index (κ2) is 8.81. The van der Waals surface area contributed by atoms with Crippen LogP contribution in [-0.2, 0) is 11.0 Å². The van der Waals surface area contributed by atoms with Crippen LogP contribution in [-0.4, -0.2) is 30.0 Å². The van der Waals surface area contributed by atoms with Gasteiger partial charge in [-0.1, -0.05) is 12.1 Å². The van der Waals surface area contributed by atoms with E-state index < -0.39 is 35.8 Å². The number of benzene rings is 1. The Morgan fingerprint density at radius 2 is 1.96 bits per heavy atom. The number of thioether (sulfide) groups is 1. The molecule has 2 atom stereocenters. The molecule has 0 bridgehead atoms. The first-order valence-corrected chi connectivity index (χ1v) is 8.57. The number of carbonyl (C=O) groups excluding carboxylic acids is 2. The summed E-state index contributed by atoms with van der Waals surface area (Å²) in [4.78, 5) is 23.2. The molecule has 0 aromatic heterocycles. The van der Waals surface area contributed by atoms with E-state index in [1.165, 1.54) is 23.9 Å². The number of rotatable bonds is 7. The molecule has 4 N–H and O–H groups in total. The number of primary amides is 1. The number of nitrogens with one attached hydrogen (secondary N) is 2. The molecular formula is C15H20F3N3O2S. The van der Waals surface area contributed by atoms with Crippen LogP contribution in [0.15, 0.2) is 24.3 Å². The van der Waals surface area contributed by atoms with Crippen molar-refractivity contribution >= 4 is 23.7 Å². The van der Waals surface area contributed by atoms with Crippen molar-refractivity contribution in [2.24, 2.45) is 5.73 Å². The van der Waals surface area contributed by atoms with Gasteiger partial charge in [-0.05, 0) is 43.0 Å². The van der Waals surface area contributed by atoms with Gasteiger partial charge >= 0.3 is 12.2 Å². The van der Waals surface area contributed by atoms with Gasteiger partial charge in [0, 0.05) is 0 Å². The molecule has 0 radical (unpaired) electrons. The number of carbonyl (C=O) groups is 2. The van der Waals surface area contributed by atoms with Crippen LogP contribution in [0.25, 0.3) is 0 Å². The van der Waals surface area contributed by atoms with Crippen LogP contribution < -0.4 is 16.4 Å². The van der Waals surface area contributed by atoms with Crippen molar-refractivity contribution in [3.63, 3.8) is 0 Å². The van der Waals surface area contributed by atoms with E-state index in [0.717, 1.165) is 12.1 Å². The van der Waals surface area contributed by atoms with E-state index in [-0.39, 0.29) is 0 Å². The van der Waals surface area contributed by atoms with Gasteiger partial charge in [-0.15, -0.1) is 0 Å². The number of alkyl halides is 3. The molecule has 1 aromatic carbocycles. The highest BCUT2D eigenvalue weighted by Gasteiger charge is 2.31. The summed E-state index contributed by atoms with van der Waals surface area (Å²) >= 11 is 1.50. The van der Waals surface area contributed by atoms with Gasteiger partial charge < -0.3 is 16.4 Å². The Morgan fingerprint density at radius 1 is 1.29 bits per heavy atom. The lowest BCUT2D eigenvalue weighted by Gasteiger charge is -2.21. The highest BCUT2D eigenvalue weighted by Crippen LogP contribution is 2.30. The van der Waals surface area contributed by atoms with Gasteiger partial charge in [0.2, 0.25) is 5.91 Å². The average Bonchev–Trinajstić information content (AvgIpc) is 2.50. The average molecular weight is 363 g/mol. The van der Waals surface area contributed by atoms with Crippen LogP contribution in [0.3, 0.4) is 0 Å². The molecule has 0 fully saturated rings. The van der Waals surface area contributed by atoms with E-state index in [2.05, 4.69) is 10.6 Å². The largest absolute Gasteiger partial charge is 0.416 e. The van der Waals surface area contributed by atoms with E-state index in [9.17, 15) is 22.8 Å². The highest BCUT2D eigenvalue weighted by molar-refractivity contribution is 7.98. The molecule has 1 rings (SSSR count). The molecule has 24 heavy (non-hydrogen) atoms. The Morgan fingerprint density at radius 3 is 2.50 bits per heavy atom. The minimum Gasteiger partial charge on any atom is -0.352 e. The Bertz CT molecular complexity index is 581. The molecule has 9 heteroatoms. The standard InChI is InChI=1S/C15H20F3N3O2S/c1-9(10-4-3-5-11(8-10)15(16,17)18)20-13(22)12(6-7-24-2)21-14(19)23/h3-5,8-9,12H,6-7H2,1-2H3,(H,20,22)(H3,19,21,23). The van der Waals surface area contributed by atoms with Crippen LogP contribution >= 0.6 is 11.8 Å². The summed E-state index contributed by atoms with van der Waals surface area (Å²) in [6.07, 6.45) is -2.23. The smallest absolute Gasteiger partial charge is 0.352 e. The molecule has 0 saturated heterocycles. The number of nitrogens with two attached hydrogens (primary N) is 1.